The molecule has 3 N–H and O–H groups in total. The molecule has 0 aromatic heterocycles. The van der Waals surface area contributed by atoms with Gasteiger partial charge in [-0.25, -0.2) is 0 Å². The van der Waals surface area contributed by atoms with Crippen LogP contribution in [-0.2, 0) is 6.42 Å². The van der Waals surface area contributed by atoms with Gasteiger partial charge in [0.25, 0.3) is 0 Å². The monoisotopic (exact) mass is 320 g/mol. The number of rotatable bonds is 5. The van der Waals surface area contributed by atoms with E-state index in [-0.39, 0.29) is 6.04 Å². The molecule has 0 aliphatic heterocycles. The Morgan fingerprint density at radius 3 is 2.26 bits per heavy atom. The zero-order valence-electron chi connectivity index (χ0n) is 10.8. The zero-order valence-corrected chi connectivity index (χ0v) is 12.4. The van der Waals surface area contributed by atoms with Gasteiger partial charge in [-0.1, -0.05) is 40.2 Å². The Labute approximate surface area is 121 Å². The van der Waals surface area contributed by atoms with E-state index in [1.54, 1.807) is 7.11 Å². The predicted octanol–water partition coefficient (Wildman–Crippen LogP) is 3.20. The fraction of sp³-hybridized carbons (Fsp3) is 0.200. The fourth-order valence-electron chi connectivity index (χ4n) is 1.97. The summed E-state index contributed by atoms with van der Waals surface area (Å²) in [5.74, 6) is 6.51. The Kier molecular flexibility index (Phi) is 4.96. The van der Waals surface area contributed by atoms with E-state index in [4.69, 9.17) is 10.6 Å². The minimum atomic E-state index is 0.0899. The van der Waals surface area contributed by atoms with Crippen LogP contribution in [0.15, 0.2) is 53.0 Å². The summed E-state index contributed by atoms with van der Waals surface area (Å²) in [6.07, 6.45) is 0.843. The van der Waals surface area contributed by atoms with Gasteiger partial charge in [-0.15, -0.1) is 0 Å². The average molecular weight is 321 g/mol. The number of nitrogens with two attached hydrogens (primary N) is 1. The molecular weight excluding hydrogens is 304 g/mol. The Balaban J connectivity index is 2.12. The second-order valence-corrected chi connectivity index (χ2v) is 5.24. The highest BCUT2D eigenvalue weighted by atomic mass is 79.9. The van der Waals surface area contributed by atoms with Crippen molar-refractivity contribution < 1.29 is 4.74 Å². The molecule has 1 unspecified atom stereocenters. The van der Waals surface area contributed by atoms with E-state index >= 15 is 0 Å². The molecule has 4 heteroatoms. The summed E-state index contributed by atoms with van der Waals surface area (Å²) in [6, 6.07) is 16.3. The van der Waals surface area contributed by atoms with Gasteiger partial charge in [0.2, 0.25) is 0 Å². The first-order chi connectivity index (χ1) is 9.22. The van der Waals surface area contributed by atoms with Crippen LogP contribution in [0.1, 0.15) is 17.2 Å². The van der Waals surface area contributed by atoms with E-state index in [1.165, 1.54) is 5.56 Å². The van der Waals surface area contributed by atoms with Crippen LogP contribution in [0.4, 0.5) is 0 Å². The zero-order chi connectivity index (χ0) is 13.7. The molecule has 0 radical (unpaired) electrons. The minimum absolute atomic E-state index is 0.0899. The lowest BCUT2D eigenvalue weighted by Gasteiger charge is -2.17. The molecule has 2 rings (SSSR count). The van der Waals surface area contributed by atoms with Crippen molar-refractivity contribution in [2.24, 2.45) is 5.84 Å². The normalized spacial score (nSPS) is 12.2. The summed E-state index contributed by atoms with van der Waals surface area (Å²) in [7, 11) is 1.66. The number of hydrazine groups is 1. The Morgan fingerprint density at radius 2 is 1.74 bits per heavy atom. The molecule has 0 bridgehead atoms. The summed E-state index contributed by atoms with van der Waals surface area (Å²) in [5.41, 5.74) is 5.25. The molecule has 0 saturated carbocycles. The molecule has 0 amide bonds. The van der Waals surface area contributed by atoms with Crippen LogP contribution in [-0.4, -0.2) is 7.11 Å². The number of methoxy groups -OCH3 is 1. The van der Waals surface area contributed by atoms with Crippen LogP contribution >= 0.6 is 15.9 Å². The SMILES string of the molecule is COc1ccc(C(Cc2ccc(Br)cc2)NN)cc1. The van der Waals surface area contributed by atoms with Gasteiger partial charge >= 0.3 is 0 Å². The van der Waals surface area contributed by atoms with Crippen LogP contribution in [0.2, 0.25) is 0 Å². The lowest BCUT2D eigenvalue weighted by atomic mass is 9.99. The number of nitrogens with one attached hydrogen (secondary N) is 1. The molecule has 0 heterocycles. The standard InChI is InChI=1S/C15H17BrN2O/c1-19-14-8-4-12(5-9-14)15(18-17)10-11-2-6-13(16)7-3-11/h2-9,15,18H,10,17H2,1H3. The Bertz CT molecular complexity index is 511. The Hall–Kier alpha value is -1.36. The highest BCUT2D eigenvalue weighted by Gasteiger charge is 2.10. The molecule has 0 aliphatic rings. The largest absolute Gasteiger partial charge is 0.497 e. The number of hydrogen-bond donors (Lipinski definition) is 2. The number of halogens is 1. The van der Waals surface area contributed by atoms with Crippen LogP contribution in [0.5, 0.6) is 5.75 Å². The van der Waals surface area contributed by atoms with Gasteiger partial charge < -0.3 is 4.74 Å². The van der Waals surface area contributed by atoms with E-state index in [1.807, 2.05) is 36.4 Å². The summed E-state index contributed by atoms with van der Waals surface area (Å²) in [4.78, 5) is 0. The molecule has 1 atom stereocenters. The van der Waals surface area contributed by atoms with Crippen LogP contribution in [0.25, 0.3) is 0 Å². The molecule has 0 saturated heterocycles. The van der Waals surface area contributed by atoms with Crippen LogP contribution < -0.4 is 16.0 Å². The van der Waals surface area contributed by atoms with E-state index in [0.717, 1.165) is 22.2 Å². The van der Waals surface area contributed by atoms with Crippen molar-refractivity contribution in [3.8, 4) is 5.75 Å². The van der Waals surface area contributed by atoms with Crippen LogP contribution in [0.3, 0.4) is 0 Å². The van der Waals surface area contributed by atoms with Crippen LogP contribution in [0, 0.1) is 0 Å². The number of ether oxygens (including phenoxy) is 1. The van der Waals surface area contributed by atoms with E-state index in [9.17, 15) is 0 Å². The fourth-order valence-corrected chi connectivity index (χ4v) is 2.23. The van der Waals surface area contributed by atoms with Crippen molar-refractivity contribution in [1.29, 1.82) is 0 Å². The highest BCUT2D eigenvalue weighted by Crippen LogP contribution is 2.21. The summed E-state index contributed by atoms with van der Waals surface area (Å²) < 4.78 is 6.24. The van der Waals surface area contributed by atoms with E-state index in [0.29, 0.717) is 0 Å². The maximum absolute atomic E-state index is 5.66. The molecule has 2 aromatic carbocycles. The van der Waals surface area contributed by atoms with Gasteiger partial charge in [0.1, 0.15) is 5.75 Å². The van der Waals surface area contributed by atoms with Crippen molar-refractivity contribution in [3.63, 3.8) is 0 Å². The van der Waals surface area contributed by atoms with E-state index < -0.39 is 0 Å². The van der Waals surface area contributed by atoms with E-state index in [2.05, 4.69) is 33.5 Å². The average Bonchev–Trinajstić information content (AvgIpc) is 2.47. The topological polar surface area (TPSA) is 47.3 Å². The predicted molar refractivity (Wildman–Crippen MR) is 80.9 cm³/mol. The van der Waals surface area contributed by atoms with Gasteiger partial charge in [0, 0.05) is 10.5 Å². The maximum Gasteiger partial charge on any atom is 0.118 e. The summed E-state index contributed by atoms with van der Waals surface area (Å²) in [5, 5.41) is 0. The highest BCUT2D eigenvalue weighted by molar-refractivity contribution is 9.10. The first-order valence-electron chi connectivity index (χ1n) is 6.07. The summed E-state index contributed by atoms with van der Waals surface area (Å²) >= 11 is 3.44. The van der Waals surface area contributed by atoms with Gasteiger partial charge in [-0.05, 0) is 41.8 Å². The molecule has 3 nitrogen and oxygen atoms in total. The smallest absolute Gasteiger partial charge is 0.118 e. The Morgan fingerprint density at radius 1 is 1.11 bits per heavy atom. The van der Waals surface area contributed by atoms with Gasteiger partial charge in [0.05, 0.1) is 7.11 Å². The molecule has 100 valence electrons. The van der Waals surface area contributed by atoms with Crippen molar-refractivity contribution in [1.82, 2.24) is 5.43 Å². The first kappa shape index (κ1) is 14.1. The van der Waals surface area contributed by atoms with Gasteiger partial charge in [-0.2, -0.15) is 0 Å². The quantitative estimate of drug-likeness (QED) is 0.657. The third-order valence-corrected chi connectivity index (χ3v) is 3.60. The lowest BCUT2D eigenvalue weighted by molar-refractivity contribution is 0.414. The maximum atomic E-state index is 5.66. The second kappa shape index (κ2) is 6.70. The first-order valence-corrected chi connectivity index (χ1v) is 6.86. The van der Waals surface area contributed by atoms with Gasteiger partial charge in [0.15, 0.2) is 0 Å². The molecule has 19 heavy (non-hydrogen) atoms. The van der Waals surface area contributed by atoms with Crippen molar-refractivity contribution >= 4 is 15.9 Å². The van der Waals surface area contributed by atoms with Gasteiger partial charge in [-0.3, -0.25) is 11.3 Å². The number of benzene rings is 2. The molecular formula is C15H17BrN2O. The molecule has 0 spiro atoms. The molecule has 0 fully saturated rings. The molecule has 2 aromatic rings. The second-order valence-electron chi connectivity index (χ2n) is 4.32. The molecule has 0 aliphatic carbocycles. The van der Waals surface area contributed by atoms with Crippen molar-refractivity contribution in [3.05, 3.63) is 64.1 Å². The third kappa shape index (κ3) is 3.80. The van der Waals surface area contributed by atoms with Crippen molar-refractivity contribution in [2.45, 2.75) is 12.5 Å². The van der Waals surface area contributed by atoms with Crippen molar-refractivity contribution in [2.75, 3.05) is 7.11 Å². The minimum Gasteiger partial charge on any atom is -0.497 e. The third-order valence-electron chi connectivity index (χ3n) is 3.07. The summed E-state index contributed by atoms with van der Waals surface area (Å²) in [6.45, 7) is 0. The lowest BCUT2D eigenvalue weighted by Crippen LogP contribution is -2.29. The number of hydrogen-bond acceptors (Lipinski definition) is 3.